The van der Waals surface area contributed by atoms with E-state index in [2.05, 4.69) is 23.6 Å². The number of amides is 2. The maximum Gasteiger partial charge on any atom is 0.324 e. The molecule has 2 amide bonds. The molecule has 4 heterocycles. The van der Waals surface area contributed by atoms with Crippen LogP contribution in [-0.2, 0) is 7.05 Å². The summed E-state index contributed by atoms with van der Waals surface area (Å²) in [5.41, 5.74) is 1.74. The van der Waals surface area contributed by atoms with Crippen molar-refractivity contribution in [1.29, 1.82) is 0 Å². The van der Waals surface area contributed by atoms with Crippen molar-refractivity contribution in [3.63, 3.8) is 0 Å². The predicted molar refractivity (Wildman–Crippen MR) is 128 cm³/mol. The normalized spacial score (nSPS) is 22.9. The number of benzene rings is 1. The average Bonchev–Trinajstić information content (AvgIpc) is 3.21. The van der Waals surface area contributed by atoms with Crippen molar-refractivity contribution in [3.05, 3.63) is 30.0 Å². The van der Waals surface area contributed by atoms with Crippen molar-refractivity contribution < 1.29 is 14.3 Å². The molecule has 1 aromatic carbocycles. The summed E-state index contributed by atoms with van der Waals surface area (Å²) >= 11 is 0. The molecule has 5 rings (SSSR count). The number of rotatable bonds is 4. The van der Waals surface area contributed by atoms with Gasteiger partial charge in [0.05, 0.1) is 17.8 Å². The fourth-order valence-electron chi connectivity index (χ4n) is 4.87. The molecule has 9 nitrogen and oxygen atoms in total. The lowest BCUT2D eigenvalue weighted by Gasteiger charge is -2.38. The van der Waals surface area contributed by atoms with Crippen LogP contribution in [0.3, 0.4) is 0 Å². The van der Waals surface area contributed by atoms with E-state index in [4.69, 9.17) is 14.6 Å². The highest BCUT2D eigenvalue weighted by Gasteiger charge is 2.44. The number of anilines is 2. The summed E-state index contributed by atoms with van der Waals surface area (Å²) in [7, 11) is 3.83. The molecular weight excluding hydrogens is 420 g/mol. The number of aromatic nitrogens is 2. The lowest BCUT2D eigenvalue weighted by atomic mass is 10.1. The van der Waals surface area contributed by atoms with Gasteiger partial charge >= 0.3 is 6.03 Å². The van der Waals surface area contributed by atoms with Crippen LogP contribution in [0.15, 0.2) is 24.3 Å². The fraction of sp³-hybridized carbons (Fsp3) is 0.583. The third-order valence-electron chi connectivity index (χ3n) is 7.23. The molecule has 0 radical (unpaired) electrons. The van der Waals surface area contributed by atoms with E-state index in [0.29, 0.717) is 13.2 Å². The molecule has 2 aromatic rings. The molecule has 178 valence electrons. The van der Waals surface area contributed by atoms with Crippen molar-refractivity contribution in [2.45, 2.75) is 32.4 Å². The number of carbonyl (C=O) groups is 1. The summed E-state index contributed by atoms with van der Waals surface area (Å²) in [6, 6.07) is 7.87. The van der Waals surface area contributed by atoms with Crippen LogP contribution in [0, 0.1) is 6.92 Å². The summed E-state index contributed by atoms with van der Waals surface area (Å²) in [5.74, 6) is 2.55. The predicted octanol–water partition coefficient (Wildman–Crippen LogP) is 2.34. The highest BCUT2D eigenvalue weighted by atomic mass is 16.6. The second kappa shape index (κ2) is 8.13. The quantitative estimate of drug-likeness (QED) is 0.707. The Kier molecular flexibility index (Phi) is 5.39. The minimum absolute atomic E-state index is 0.0269. The first-order valence-corrected chi connectivity index (χ1v) is 11.7. The summed E-state index contributed by atoms with van der Waals surface area (Å²) < 4.78 is 13.9. The molecule has 2 fully saturated rings. The molecular formula is C24H34N6O3. The summed E-state index contributed by atoms with van der Waals surface area (Å²) in [4.78, 5) is 21.5. The molecule has 1 atom stereocenters. The number of hydrogen-bond donors (Lipinski definition) is 0. The Labute approximate surface area is 195 Å². The third-order valence-corrected chi connectivity index (χ3v) is 7.23. The number of urea groups is 1. The Bertz CT molecular complexity index is 1040. The monoisotopic (exact) mass is 454 g/mol. The number of hydrogen-bond acceptors (Lipinski definition) is 6. The standard InChI is InChI=1S/C24H34N6O3/c1-17-21(30-16-24(2,3)26(4)23(30)31)22(25-27(17)5)29-12-10-28(11-13-29)14-18-15-32-19-8-6-7-9-20(19)33-18/h6-9,18H,10-16H2,1-5H3. The molecule has 3 aliphatic rings. The van der Waals surface area contributed by atoms with Gasteiger partial charge in [0, 0.05) is 46.8 Å². The molecule has 0 bridgehead atoms. The molecule has 0 saturated carbocycles. The summed E-state index contributed by atoms with van der Waals surface area (Å²) in [6.45, 7) is 11.8. The second-order valence-corrected chi connectivity index (χ2v) is 9.91. The van der Waals surface area contributed by atoms with Crippen LogP contribution in [-0.4, -0.2) is 90.2 Å². The molecule has 1 aromatic heterocycles. The topological polar surface area (TPSA) is 66.3 Å². The smallest absolute Gasteiger partial charge is 0.324 e. The lowest BCUT2D eigenvalue weighted by Crippen LogP contribution is -2.51. The van der Waals surface area contributed by atoms with E-state index < -0.39 is 0 Å². The van der Waals surface area contributed by atoms with Gasteiger partial charge in [0.15, 0.2) is 17.3 Å². The Morgan fingerprint density at radius 1 is 1.09 bits per heavy atom. The van der Waals surface area contributed by atoms with Gasteiger partial charge < -0.3 is 19.3 Å². The first-order chi connectivity index (χ1) is 15.7. The van der Waals surface area contributed by atoms with E-state index >= 15 is 0 Å². The maximum atomic E-state index is 13.0. The van der Waals surface area contributed by atoms with Gasteiger partial charge in [0.2, 0.25) is 0 Å². The average molecular weight is 455 g/mol. The molecule has 2 saturated heterocycles. The number of nitrogens with zero attached hydrogens (tertiary/aromatic N) is 6. The summed E-state index contributed by atoms with van der Waals surface area (Å²) in [5, 5.41) is 4.82. The number of aryl methyl sites for hydroxylation is 1. The highest BCUT2D eigenvalue weighted by Crippen LogP contribution is 2.38. The molecule has 9 heteroatoms. The van der Waals surface area contributed by atoms with Gasteiger partial charge in [-0.25, -0.2) is 4.79 Å². The Hall–Kier alpha value is -2.94. The van der Waals surface area contributed by atoms with E-state index in [0.717, 1.165) is 61.4 Å². The molecule has 0 spiro atoms. The number of ether oxygens (including phenoxy) is 2. The Morgan fingerprint density at radius 2 is 1.79 bits per heavy atom. The maximum absolute atomic E-state index is 13.0. The Morgan fingerprint density at radius 3 is 2.45 bits per heavy atom. The van der Waals surface area contributed by atoms with E-state index in [9.17, 15) is 4.79 Å². The zero-order valence-electron chi connectivity index (χ0n) is 20.2. The van der Waals surface area contributed by atoms with Crippen LogP contribution in [0.1, 0.15) is 19.5 Å². The molecule has 0 aliphatic carbocycles. The van der Waals surface area contributed by atoms with E-state index in [1.165, 1.54) is 0 Å². The van der Waals surface area contributed by atoms with Crippen molar-refractivity contribution in [2.24, 2.45) is 7.05 Å². The van der Waals surface area contributed by atoms with Crippen molar-refractivity contribution in [1.82, 2.24) is 19.6 Å². The second-order valence-electron chi connectivity index (χ2n) is 9.91. The van der Waals surface area contributed by atoms with E-state index in [-0.39, 0.29) is 17.7 Å². The van der Waals surface area contributed by atoms with Crippen molar-refractivity contribution in [3.8, 4) is 11.5 Å². The minimum atomic E-state index is -0.212. The van der Waals surface area contributed by atoms with Crippen LogP contribution >= 0.6 is 0 Å². The van der Waals surface area contributed by atoms with Gasteiger partial charge in [-0.3, -0.25) is 14.5 Å². The van der Waals surface area contributed by atoms with Gasteiger partial charge in [0.25, 0.3) is 0 Å². The SMILES string of the molecule is Cc1c(N2CC(C)(C)N(C)C2=O)c(N2CCN(CC3COc4ccccc4O3)CC2)nn1C. The number of para-hydroxylation sites is 2. The van der Waals surface area contributed by atoms with Gasteiger partial charge in [-0.05, 0) is 32.9 Å². The van der Waals surface area contributed by atoms with Crippen LogP contribution < -0.4 is 19.3 Å². The minimum Gasteiger partial charge on any atom is -0.486 e. The van der Waals surface area contributed by atoms with Crippen LogP contribution in [0.2, 0.25) is 0 Å². The van der Waals surface area contributed by atoms with Gasteiger partial charge in [0.1, 0.15) is 18.4 Å². The first kappa shape index (κ1) is 21.9. The number of carbonyl (C=O) groups excluding carboxylic acids is 1. The number of fused-ring (bicyclic) bond motifs is 1. The number of piperazine rings is 1. The molecule has 33 heavy (non-hydrogen) atoms. The Balaban J connectivity index is 1.26. The van der Waals surface area contributed by atoms with E-state index in [1.54, 1.807) is 0 Å². The molecule has 1 unspecified atom stereocenters. The fourth-order valence-corrected chi connectivity index (χ4v) is 4.87. The van der Waals surface area contributed by atoms with Gasteiger partial charge in [-0.1, -0.05) is 12.1 Å². The zero-order valence-corrected chi connectivity index (χ0v) is 20.2. The van der Waals surface area contributed by atoms with E-state index in [1.807, 2.05) is 59.8 Å². The van der Waals surface area contributed by atoms with Crippen LogP contribution in [0.5, 0.6) is 11.5 Å². The third kappa shape index (κ3) is 3.88. The number of likely N-dealkylation sites (N-methyl/N-ethyl adjacent to an activating group) is 1. The highest BCUT2D eigenvalue weighted by molar-refractivity contribution is 5.98. The summed E-state index contributed by atoms with van der Waals surface area (Å²) in [6.07, 6.45) is 0.0269. The largest absolute Gasteiger partial charge is 0.486 e. The zero-order chi connectivity index (χ0) is 23.3. The molecule has 3 aliphatic heterocycles. The van der Waals surface area contributed by atoms with Crippen LogP contribution in [0.4, 0.5) is 16.3 Å². The van der Waals surface area contributed by atoms with Gasteiger partial charge in [-0.2, -0.15) is 5.10 Å². The van der Waals surface area contributed by atoms with Crippen LogP contribution in [0.25, 0.3) is 0 Å². The van der Waals surface area contributed by atoms with Gasteiger partial charge in [-0.15, -0.1) is 0 Å². The molecule has 0 N–H and O–H groups in total. The van der Waals surface area contributed by atoms with Crippen molar-refractivity contribution >= 4 is 17.5 Å². The first-order valence-electron chi connectivity index (χ1n) is 11.7. The lowest BCUT2D eigenvalue weighted by molar-refractivity contribution is 0.0571. The van der Waals surface area contributed by atoms with Crippen molar-refractivity contribution in [2.75, 3.05) is 62.7 Å².